The van der Waals surface area contributed by atoms with Crippen molar-refractivity contribution in [1.82, 2.24) is 9.80 Å². The molecule has 0 aromatic heterocycles. The lowest BCUT2D eigenvalue weighted by Crippen LogP contribution is -2.32. The van der Waals surface area contributed by atoms with E-state index in [1.165, 1.54) is 21.6 Å². The number of amidine groups is 2. The van der Waals surface area contributed by atoms with Crippen LogP contribution < -0.4 is 0 Å². The largest absolute Gasteiger partial charge is 0.373 e. The van der Waals surface area contributed by atoms with Crippen LogP contribution in [0.5, 0.6) is 0 Å². The van der Waals surface area contributed by atoms with E-state index in [1.54, 1.807) is 19.1 Å². The highest BCUT2D eigenvalue weighted by atomic mass is 32.2. The van der Waals surface area contributed by atoms with Crippen LogP contribution >= 0.6 is 23.5 Å². The molecule has 0 aliphatic carbocycles. The first-order chi connectivity index (χ1) is 10.5. The van der Waals surface area contributed by atoms with Gasteiger partial charge in [0.25, 0.3) is 5.91 Å². The summed E-state index contributed by atoms with van der Waals surface area (Å²) in [4.78, 5) is 26.5. The second-order valence-electron chi connectivity index (χ2n) is 4.47. The van der Waals surface area contributed by atoms with Gasteiger partial charge in [-0.05, 0) is 18.7 Å². The second kappa shape index (κ2) is 7.12. The molecule has 2 heterocycles. The van der Waals surface area contributed by atoms with Crippen LogP contribution in [0.2, 0.25) is 0 Å². The van der Waals surface area contributed by atoms with Gasteiger partial charge in [0.05, 0.1) is 5.25 Å². The summed E-state index contributed by atoms with van der Waals surface area (Å²) in [5, 5.41) is 18.2. The van der Waals surface area contributed by atoms with E-state index in [1.807, 2.05) is 0 Å². The van der Waals surface area contributed by atoms with Gasteiger partial charge in [-0.2, -0.15) is 0 Å². The molecule has 118 valence electrons. The molecule has 0 radical (unpaired) electrons. The van der Waals surface area contributed by atoms with E-state index in [2.05, 4.69) is 23.4 Å². The van der Waals surface area contributed by atoms with Gasteiger partial charge in [-0.1, -0.05) is 23.9 Å². The Morgan fingerprint density at radius 3 is 2.14 bits per heavy atom. The zero-order chi connectivity index (χ0) is 16.3. The molecule has 0 bridgehead atoms. The molecule has 2 atom stereocenters. The predicted octanol–water partition coefficient (Wildman–Crippen LogP) is 0.843. The van der Waals surface area contributed by atoms with Gasteiger partial charge >= 0.3 is 0 Å². The molecule has 0 spiro atoms. The van der Waals surface area contributed by atoms with Crippen LogP contribution in [0.15, 0.2) is 35.5 Å². The smallest absolute Gasteiger partial charge is 0.268 e. The van der Waals surface area contributed by atoms with Crippen molar-refractivity contribution in [3.05, 3.63) is 25.3 Å². The number of nitrogens with zero attached hydrogens (tertiary/aromatic N) is 4. The molecule has 2 aliphatic heterocycles. The van der Waals surface area contributed by atoms with Crippen molar-refractivity contribution in [3.63, 3.8) is 0 Å². The molecular weight excluding hydrogens is 324 g/mol. The Bertz CT molecular complexity index is 526. The summed E-state index contributed by atoms with van der Waals surface area (Å²) >= 11 is 2.21. The van der Waals surface area contributed by atoms with Crippen LogP contribution in [0.3, 0.4) is 0 Å². The number of thioether (sulfide) groups is 2. The average molecular weight is 340 g/mol. The van der Waals surface area contributed by atoms with Gasteiger partial charge in [0.2, 0.25) is 5.91 Å². The van der Waals surface area contributed by atoms with Crippen molar-refractivity contribution in [3.8, 4) is 0 Å². The van der Waals surface area contributed by atoms with Crippen LogP contribution in [-0.4, -0.2) is 60.8 Å². The topological polar surface area (TPSA) is 85.6 Å². The Morgan fingerprint density at radius 1 is 1.09 bits per heavy atom. The maximum atomic E-state index is 12.0. The molecule has 2 aliphatic rings. The number of aliphatic hydroxyl groups excluding tert-OH is 1. The molecule has 2 amide bonds. The second-order valence-corrected chi connectivity index (χ2v) is 6.83. The summed E-state index contributed by atoms with van der Waals surface area (Å²) in [7, 11) is 0. The maximum Gasteiger partial charge on any atom is 0.268 e. The fraction of sp³-hybridized carbons (Fsp3) is 0.385. The normalized spacial score (nSPS) is 29.0. The quantitative estimate of drug-likeness (QED) is 0.592. The van der Waals surface area contributed by atoms with E-state index in [9.17, 15) is 14.7 Å². The first-order valence-electron chi connectivity index (χ1n) is 6.51. The molecule has 7 nitrogen and oxygen atoms in total. The summed E-state index contributed by atoms with van der Waals surface area (Å²) < 4.78 is 0. The number of rotatable bonds is 5. The minimum absolute atomic E-state index is 0.0537. The monoisotopic (exact) mass is 340 g/mol. The molecule has 22 heavy (non-hydrogen) atoms. The van der Waals surface area contributed by atoms with E-state index in [0.717, 1.165) is 11.8 Å². The highest BCUT2D eigenvalue weighted by molar-refractivity contribution is 8.15. The van der Waals surface area contributed by atoms with Gasteiger partial charge in [0.1, 0.15) is 0 Å². The lowest BCUT2D eigenvalue weighted by molar-refractivity contribution is -0.130. The summed E-state index contributed by atoms with van der Waals surface area (Å²) in [6.07, 6.45) is 3.15. The Balaban J connectivity index is 2.24. The molecule has 2 fully saturated rings. The molecule has 2 rings (SSSR count). The van der Waals surface area contributed by atoms with E-state index < -0.39 is 11.3 Å². The standard InChI is InChI=1S/C13H16N4O3S2/c1-4-6-16-9(18)8(3)21-12(16)14-15-13-17(7-5-2)10(19)11(20)22-13/h4-5,8,11,20H,1-2,6-7H2,3H3. The lowest BCUT2D eigenvalue weighted by atomic mass is 10.4. The lowest BCUT2D eigenvalue weighted by Gasteiger charge is -2.13. The molecular formula is C13H16N4O3S2. The fourth-order valence-electron chi connectivity index (χ4n) is 1.86. The van der Waals surface area contributed by atoms with Gasteiger partial charge in [0, 0.05) is 13.1 Å². The van der Waals surface area contributed by atoms with E-state index in [-0.39, 0.29) is 22.9 Å². The highest BCUT2D eigenvalue weighted by Crippen LogP contribution is 2.28. The summed E-state index contributed by atoms with van der Waals surface area (Å²) in [6, 6.07) is 0. The van der Waals surface area contributed by atoms with Gasteiger partial charge in [-0.25, -0.2) is 0 Å². The summed E-state index contributed by atoms with van der Waals surface area (Å²) in [6.45, 7) is 9.57. The van der Waals surface area contributed by atoms with Crippen molar-refractivity contribution < 1.29 is 14.7 Å². The predicted molar refractivity (Wildman–Crippen MR) is 89.3 cm³/mol. The van der Waals surface area contributed by atoms with Gasteiger partial charge in [-0.15, -0.1) is 23.4 Å². The Labute approximate surface area is 136 Å². The molecule has 1 N–H and O–H groups in total. The number of hydrogen-bond donors (Lipinski definition) is 1. The minimum Gasteiger partial charge on any atom is -0.373 e. The number of hydrogen-bond acceptors (Lipinski definition) is 7. The van der Waals surface area contributed by atoms with Gasteiger partial charge in [-0.3, -0.25) is 19.4 Å². The van der Waals surface area contributed by atoms with Crippen LogP contribution in [0.25, 0.3) is 0 Å². The number of amides is 2. The van der Waals surface area contributed by atoms with E-state index in [0.29, 0.717) is 11.7 Å². The van der Waals surface area contributed by atoms with Crippen LogP contribution in [0.4, 0.5) is 0 Å². The fourth-order valence-corrected chi connectivity index (χ4v) is 3.59. The zero-order valence-corrected chi connectivity index (χ0v) is 13.6. The molecule has 0 aromatic rings. The average Bonchev–Trinajstić information content (AvgIpc) is 2.91. The first kappa shape index (κ1) is 16.8. The van der Waals surface area contributed by atoms with Gasteiger partial charge < -0.3 is 5.11 Å². The van der Waals surface area contributed by atoms with Crippen LogP contribution in [0.1, 0.15) is 6.92 Å². The molecule has 2 unspecified atom stereocenters. The first-order valence-corrected chi connectivity index (χ1v) is 8.27. The third-order valence-corrected chi connectivity index (χ3v) is 4.90. The molecule has 0 aromatic carbocycles. The number of carbonyl (C=O) groups is 2. The Hall–Kier alpha value is -1.58. The zero-order valence-electron chi connectivity index (χ0n) is 12.0. The highest BCUT2D eigenvalue weighted by Gasteiger charge is 2.37. The van der Waals surface area contributed by atoms with Crippen LogP contribution in [0, 0.1) is 0 Å². The van der Waals surface area contributed by atoms with Gasteiger partial charge in [0.15, 0.2) is 15.8 Å². The number of aliphatic hydroxyl groups is 1. The van der Waals surface area contributed by atoms with Crippen LogP contribution in [-0.2, 0) is 9.59 Å². The van der Waals surface area contributed by atoms with E-state index in [4.69, 9.17) is 0 Å². The third kappa shape index (κ3) is 3.26. The molecule has 2 saturated heterocycles. The SMILES string of the molecule is C=CCN1C(=O)C(C)SC1=NN=C1SC(O)C(=O)N1CC=C. The molecule has 9 heteroatoms. The third-order valence-electron chi connectivity index (χ3n) is 2.90. The molecule has 0 saturated carbocycles. The van der Waals surface area contributed by atoms with E-state index >= 15 is 0 Å². The summed E-state index contributed by atoms with van der Waals surface area (Å²) in [5.41, 5.74) is -1.18. The van der Waals surface area contributed by atoms with Crippen molar-refractivity contribution in [1.29, 1.82) is 0 Å². The summed E-state index contributed by atoms with van der Waals surface area (Å²) in [5.74, 6) is -0.502. The van der Waals surface area contributed by atoms with Crippen molar-refractivity contribution in [2.24, 2.45) is 10.2 Å². The minimum atomic E-state index is -1.18. The Morgan fingerprint density at radius 2 is 1.59 bits per heavy atom. The maximum absolute atomic E-state index is 12.0. The van der Waals surface area contributed by atoms with Crippen molar-refractivity contribution in [2.75, 3.05) is 13.1 Å². The number of carbonyl (C=O) groups excluding carboxylic acids is 2. The Kier molecular flexibility index (Phi) is 5.43. The van der Waals surface area contributed by atoms with Crippen molar-refractivity contribution >= 4 is 45.7 Å². The van der Waals surface area contributed by atoms with Crippen molar-refractivity contribution in [2.45, 2.75) is 17.6 Å².